The highest BCUT2D eigenvalue weighted by Crippen LogP contribution is 2.01. The Morgan fingerprint density at radius 1 is 1.85 bits per heavy atom. The summed E-state index contributed by atoms with van der Waals surface area (Å²) in [5.74, 6) is -0.909. The van der Waals surface area contributed by atoms with E-state index < -0.39 is 12.1 Å². The van der Waals surface area contributed by atoms with Crippen molar-refractivity contribution < 1.29 is 14.3 Å². The van der Waals surface area contributed by atoms with Crippen molar-refractivity contribution in [1.82, 2.24) is 9.78 Å². The molecule has 1 atom stereocenters. The number of aliphatic carboxylic acids is 1. The highest BCUT2D eigenvalue weighted by molar-refractivity contribution is 5.69. The van der Waals surface area contributed by atoms with Crippen molar-refractivity contribution >= 4 is 5.97 Å². The maximum Gasteiger partial charge on any atom is 0.307 e. The molecule has 0 aliphatic carbocycles. The van der Waals surface area contributed by atoms with Crippen molar-refractivity contribution in [2.45, 2.75) is 26.1 Å². The fraction of sp³-hybridized carbons (Fsp3) is 0.500. The number of aromatic nitrogens is 2. The fourth-order valence-corrected chi connectivity index (χ4v) is 1.03. The van der Waals surface area contributed by atoms with E-state index in [1.165, 1.54) is 17.8 Å². The molecular formula is C8H11FN2O2. The molecule has 0 amide bonds. The zero-order valence-electron chi connectivity index (χ0n) is 7.27. The standard InChI is InChI=1S/C8H11FN2O2/c1-6(9)4-11-5-7(3-10-11)2-8(12)13/h3,5-6H,2,4H2,1H3,(H,12,13). The van der Waals surface area contributed by atoms with Crippen molar-refractivity contribution in [3.63, 3.8) is 0 Å². The fourth-order valence-electron chi connectivity index (χ4n) is 1.03. The van der Waals surface area contributed by atoms with Crippen molar-refractivity contribution in [2.24, 2.45) is 0 Å². The number of alkyl halides is 1. The Balaban J connectivity index is 2.58. The van der Waals surface area contributed by atoms with Gasteiger partial charge in [0.2, 0.25) is 0 Å². The molecule has 1 aromatic rings. The topological polar surface area (TPSA) is 55.1 Å². The van der Waals surface area contributed by atoms with Crippen LogP contribution in [0.3, 0.4) is 0 Å². The summed E-state index contributed by atoms with van der Waals surface area (Å²) in [6.45, 7) is 1.60. The van der Waals surface area contributed by atoms with E-state index in [4.69, 9.17) is 5.11 Å². The van der Waals surface area contributed by atoms with E-state index in [-0.39, 0.29) is 13.0 Å². The van der Waals surface area contributed by atoms with Crippen molar-refractivity contribution in [2.75, 3.05) is 0 Å². The number of carbonyl (C=O) groups is 1. The Labute approximate surface area is 75.0 Å². The van der Waals surface area contributed by atoms with Gasteiger partial charge in [-0.2, -0.15) is 5.10 Å². The van der Waals surface area contributed by atoms with Crippen LogP contribution in [0.15, 0.2) is 12.4 Å². The summed E-state index contributed by atoms with van der Waals surface area (Å²) in [4.78, 5) is 10.3. The summed E-state index contributed by atoms with van der Waals surface area (Å²) in [6.07, 6.45) is 1.94. The van der Waals surface area contributed by atoms with Gasteiger partial charge >= 0.3 is 5.97 Å². The monoisotopic (exact) mass is 186 g/mol. The number of carboxylic acids is 1. The predicted molar refractivity (Wildman–Crippen MR) is 44.1 cm³/mol. The van der Waals surface area contributed by atoms with Crippen LogP contribution < -0.4 is 0 Å². The van der Waals surface area contributed by atoms with Crippen LogP contribution in [-0.2, 0) is 17.8 Å². The van der Waals surface area contributed by atoms with Crippen LogP contribution in [0.5, 0.6) is 0 Å². The molecule has 13 heavy (non-hydrogen) atoms. The Hall–Kier alpha value is -1.39. The van der Waals surface area contributed by atoms with Crippen LogP contribution in [0.25, 0.3) is 0 Å². The minimum absolute atomic E-state index is 0.0688. The van der Waals surface area contributed by atoms with Gasteiger partial charge in [-0.05, 0) is 6.92 Å². The molecule has 0 fully saturated rings. The molecule has 0 aliphatic heterocycles. The van der Waals surface area contributed by atoms with E-state index in [0.29, 0.717) is 5.56 Å². The average molecular weight is 186 g/mol. The second-order valence-corrected chi connectivity index (χ2v) is 2.92. The van der Waals surface area contributed by atoms with Gasteiger partial charge in [-0.1, -0.05) is 0 Å². The van der Waals surface area contributed by atoms with E-state index in [9.17, 15) is 9.18 Å². The summed E-state index contributed by atoms with van der Waals surface area (Å²) in [6, 6.07) is 0. The first-order valence-corrected chi connectivity index (χ1v) is 3.95. The lowest BCUT2D eigenvalue weighted by Crippen LogP contribution is -2.07. The van der Waals surface area contributed by atoms with Gasteiger partial charge in [-0.15, -0.1) is 0 Å². The molecule has 0 radical (unpaired) electrons. The number of hydrogen-bond donors (Lipinski definition) is 1. The van der Waals surface area contributed by atoms with Gasteiger partial charge < -0.3 is 5.11 Å². The van der Waals surface area contributed by atoms with E-state index in [0.717, 1.165) is 0 Å². The number of rotatable bonds is 4. The quantitative estimate of drug-likeness (QED) is 0.759. The molecule has 0 bridgehead atoms. The van der Waals surface area contributed by atoms with Crippen LogP contribution in [-0.4, -0.2) is 27.0 Å². The molecule has 0 aromatic carbocycles. The summed E-state index contributed by atoms with van der Waals surface area (Å²) in [5, 5.41) is 12.3. The van der Waals surface area contributed by atoms with Gasteiger partial charge in [-0.25, -0.2) is 4.39 Å². The molecule has 0 aliphatic rings. The smallest absolute Gasteiger partial charge is 0.307 e. The summed E-state index contributed by atoms with van der Waals surface area (Å²) < 4.78 is 13.9. The maximum atomic E-state index is 12.5. The lowest BCUT2D eigenvalue weighted by atomic mass is 10.3. The van der Waals surface area contributed by atoms with Gasteiger partial charge in [0.1, 0.15) is 6.17 Å². The molecule has 0 spiro atoms. The third kappa shape index (κ3) is 3.23. The third-order valence-corrected chi connectivity index (χ3v) is 1.48. The largest absolute Gasteiger partial charge is 0.481 e. The summed E-state index contributed by atoms with van der Waals surface area (Å²) in [7, 11) is 0. The van der Waals surface area contributed by atoms with Crippen LogP contribution in [0.4, 0.5) is 4.39 Å². The zero-order chi connectivity index (χ0) is 9.84. The van der Waals surface area contributed by atoms with Crippen LogP contribution >= 0.6 is 0 Å². The first kappa shape index (κ1) is 9.70. The Morgan fingerprint density at radius 3 is 3.08 bits per heavy atom. The number of nitrogens with zero attached hydrogens (tertiary/aromatic N) is 2. The Kier molecular flexibility index (Phi) is 3.00. The second kappa shape index (κ2) is 4.02. The normalized spacial score (nSPS) is 12.8. The van der Waals surface area contributed by atoms with E-state index in [1.54, 1.807) is 6.20 Å². The maximum absolute atomic E-state index is 12.5. The molecule has 5 heteroatoms. The minimum Gasteiger partial charge on any atom is -0.481 e. The van der Waals surface area contributed by atoms with Gasteiger partial charge in [0.25, 0.3) is 0 Å². The molecule has 4 nitrogen and oxygen atoms in total. The molecule has 0 saturated heterocycles. The lowest BCUT2D eigenvalue weighted by molar-refractivity contribution is -0.136. The van der Waals surface area contributed by atoms with Gasteiger partial charge in [0, 0.05) is 11.8 Å². The van der Waals surface area contributed by atoms with Gasteiger partial charge in [0.05, 0.1) is 19.2 Å². The van der Waals surface area contributed by atoms with Crippen LogP contribution in [0, 0.1) is 0 Å². The molecule has 1 N–H and O–H groups in total. The van der Waals surface area contributed by atoms with E-state index in [2.05, 4.69) is 5.10 Å². The molecule has 1 unspecified atom stereocenters. The Bertz CT molecular complexity index is 296. The van der Waals surface area contributed by atoms with Crippen LogP contribution in [0.1, 0.15) is 12.5 Å². The summed E-state index contributed by atoms with van der Waals surface area (Å²) in [5.41, 5.74) is 0.591. The van der Waals surface area contributed by atoms with Crippen molar-refractivity contribution in [3.05, 3.63) is 18.0 Å². The zero-order valence-corrected chi connectivity index (χ0v) is 7.27. The SMILES string of the molecule is CC(F)Cn1cc(CC(=O)O)cn1. The molecule has 1 aromatic heterocycles. The van der Waals surface area contributed by atoms with Gasteiger partial charge in [0.15, 0.2) is 0 Å². The molecule has 1 rings (SSSR count). The molecule has 72 valence electrons. The number of hydrogen-bond acceptors (Lipinski definition) is 2. The first-order valence-electron chi connectivity index (χ1n) is 3.95. The predicted octanol–water partition coefficient (Wildman–Crippen LogP) is 0.868. The van der Waals surface area contributed by atoms with Crippen molar-refractivity contribution in [1.29, 1.82) is 0 Å². The van der Waals surface area contributed by atoms with E-state index in [1.807, 2.05) is 0 Å². The van der Waals surface area contributed by atoms with Crippen LogP contribution in [0.2, 0.25) is 0 Å². The van der Waals surface area contributed by atoms with E-state index >= 15 is 0 Å². The first-order chi connectivity index (χ1) is 6.08. The number of carboxylic acid groups (broad SMARTS) is 1. The van der Waals surface area contributed by atoms with Crippen molar-refractivity contribution in [3.8, 4) is 0 Å². The Morgan fingerprint density at radius 2 is 2.54 bits per heavy atom. The average Bonchev–Trinajstić information content (AvgIpc) is 2.33. The third-order valence-electron chi connectivity index (χ3n) is 1.48. The second-order valence-electron chi connectivity index (χ2n) is 2.92. The molecular weight excluding hydrogens is 175 g/mol. The molecule has 0 saturated carbocycles. The lowest BCUT2D eigenvalue weighted by Gasteiger charge is -2.00. The minimum atomic E-state index is -0.974. The molecule has 1 heterocycles. The number of halogens is 1. The van der Waals surface area contributed by atoms with Gasteiger partial charge in [-0.3, -0.25) is 9.48 Å². The highest BCUT2D eigenvalue weighted by atomic mass is 19.1. The summed E-state index contributed by atoms with van der Waals surface area (Å²) >= 11 is 0. The highest BCUT2D eigenvalue weighted by Gasteiger charge is 2.05.